The van der Waals surface area contributed by atoms with Gasteiger partial charge in [0.1, 0.15) is 0 Å². The first kappa shape index (κ1) is 19.4. The van der Waals surface area contributed by atoms with Gasteiger partial charge >= 0.3 is 0 Å². The predicted molar refractivity (Wildman–Crippen MR) is 97.5 cm³/mol. The molecule has 0 aromatic carbocycles. The third-order valence-electron chi connectivity index (χ3n) is 5.80. The second kappa shape index (κ2) is 10.1. The van der Waals surface area contributed by atoms with Crippen LogP contribution in [0, 0.1) is 0 Å². The molecule has 0 spiro atoms. The van der Waals surface area contributed by atoms with E-state index in [2.05, 4.69) is 18.7 Å². The van der Waals surface area contributed by atoms with Crippen molar-refractivity contribution in [3.63, 3.8) is 0 Å². The van der Waals surface area contributed by atoms with Crippen LogP contribution in [0.2, 0.25) is 18.1 Å². The molecule has 2 saturated heterocycles. The topological polar surface area (TPSA) is 30.9 Å². The highest BCUT2D eigenvalue weighted by Gasteiger charge is 2.30. The van der Waals surface area contributed by atoms with Crippen molar-refractivity contribution >= 4 is 8.32 Å². The van der Waals surface area contributed by atoms with E-state index in [9.17, 15) is 0 Å². The van der Waals surface area contributed by atoms with E-state index in [1.165, 1.54) is 50.2 Å². The van der Waals surface area contributed by atoms with Gasteiger partial charge in [-0.05, 0) is 56.8 Å². The molecule has 0 saturated carbocycles. The summed E-state index contributed by atoms with van der Waals surface area (Å²) in [4.78, 5) is 2.60. The fraction of sp³-hybridized carbons (Fsp3) is 1.00. The SMILES string of the molecule is CC[Si](CC)(CCCN(CC1CCCO1)CC1CCCO1)OC. The minimum atomic E-state index is -1.46. The average molecular weight is 344 g/mol. The molecule has 0 aromatic heterocycles. The number of hydrogen-bond acceptors (Lipinski definition) is 4. The maximum atomic E-state index is 5.96. The molecule has 0 aromatic rings. The maximum absolute atomic E-state index is 5.96. The molecule has 0 aliphatic carbocycles. The maximum Gasteiger partial charge on any atom is 0.191 e. The molecule has 136 valence electrons. The molecule has 2 aliphatic heterocycles. The summed E-state index contributed by atoms with van der Waals surface area (Å²) in [5.74, 6) is 0. The van der Waals surface area contributed by atoms with Crippen molar-refractivity contribution in [1.82, 2.24) is 4.90 Å². The minimum absolute atomic E-state index is 0.443. The Kier molecular flexibility index (Phi) is 8.54. The fourth-order valence-corrected chi connectivity index (χ4v) is 6.82. The molecule has 0 bridgehead atoms. The average Bonchev–Trinajstić information content (AvgIpc) is 3.26. The van der Waals surface area contributed by atoms with Crippen LogP contribution in [-0.2, 0) is 13.9 Å². The molecule has 2 fully saturated rings. The smallest absolute Gasteiger partial charge is 0.191 e. The molecule has 0 radical (unpaired) electrons. The van der Waals surface area contributed by atoms with Crippen LogP contribution < -0.4 is 0 Å². The zero-order chi connectivity index (χ0) is 16.5. The number of nitrogens with zero attached hydrogens (tertiary/aromatic N) is 1. The van der Waals surface area contributed by atoms with E-state index in [-0.39, 0.29) is 0 Å². The lowest BCUT2D eigenvalue weighted by molar-refractivity contribution is 0.0376. The van der Waals surface area contributed by atoms with Gasteiger partial charge in [0.25, 0.3) is 0 Å². The summed E-state index contributed by atoms with van der Waals surface area (Å²) in [7, 11) is 0.464. The van der Waals surface area contributed by atoms with Gasteiger partial charge in [-0.1, -0.05) is 13.8 Å². The Morgan fingerprint density at radius 2 is 1.57 bits per heavy atom. The van der Waals surface area contributed by atoms with Gasteiger partial charge in [0.15, 0.2) is 8.32 Å². The molecule has 2 atom stereocenters. The zero-order valence-corrected chi connectivity index (χ0v) is 16.5. The molecule has 2 heterocycles. The van der Waals surface area contributed by atoms with E-state index in [0.717, 1.165) is 32.8 Å². The third-order valence-corrected chi connectivity index (χ3v) is 10.5. The monoisotopic (exact) mass is 343 g/mol. The summed E-state index contributed by atoms with van der Waals surface area (Å²) < 4.78 is 17.7. The van der Waals surface area contributed by atoms with Crippen LogP contribution in [0.3, 0.4) is 0 Å². The number of rotatable bonds is 11. The molecular weight excluding hydrogens is 306 g/mol. The van der Waals surface area contributed by atoms with Crippen LogP contribution in [0.4, 0.5) is 0 Å². The Balaban J connectivity index is 1.80. The highest BCUT2D eigenvalue weighted by molar-refractivity contribution is 6.73. The minimum Gasteiger partial charge on any atom is -0.420 e. The van der Waals surface area contributed by atoms with Crippen molar-refractivity contribution in [3.05, 3.63) is 0 Å². The Morgan fingerprint density at radius 1 is 1.00 bits per heavy atom. The van der Waals surface area contributed by atoms with Crippen molar-refractivity contribution in [2.24, 2.45) is 0 Å². The Hall–Kier alpha value is 0.0569. The summed E-state index contributed by atoms with van der Waals surface area (Å²) in [6.45, 7) is 9.83. The van der Waals surface area contributed by atoms with Crippen LogP contribution >= 0.6 is 0 Å². The first-order chi connectivity index (χ1) is 11.2. The predicted octanol–water partition coefficient (Wildman–Crippen LogP) is 3.67. The quantitative estimate of drug-likeness (QED) is 0.536. The van der Waals surface area contributed by atoms with Crippen molar-refractivity contribution in [1.29, 1.82) is 0 Å². The van der Waals surface area contributed by atoms with Gasteiger partial charge in [0.2, 0.25) is 0 Å². The summed E-state index contributed by atoms with van der Waals surface area (Å²) >= 11 is 0. The van der Waals surface area contributed by atoms with Gasteiger partial charge in [0, 0.05) is 33.4 Å². The third kappa shape index (κ3) is 6.13. The second-order valence-corrected chi connectivity index (χ2v) is 11.9. The lowest BCUT2D eigenvalue weighted by atomic mass is 10.2. The van der Waals surface area contributed by atoms with Gasteiger partial charge < -0.3 is 13.9 Å². The van der Waals surface area contributed by atoms with Crippen LogP contribution in [0.25, 0.3) is 0 Å². The van der Waals surface area contributed by atoms with E-state index in [1.807, 2.05) is 7.11 Å². The highest BCUT2D eigenvalue weighted by Crippen LogP contribution is 2.24. The van der Waals surface area contributed by atoms with Crippen LogP contribution in [0.5, 0.6) is 0 Å². The Bertz CT molecular complexity index is 287. The van der Waals surface area contributed by atoms with Gasteiger partial charge in [-0.25, -0.2) is 0 Å². The first-order valence-corrected chi connectivity index (χ1v) is 12.2. The van der Waals surface area contributed by atoms with Crippen LogP contribution in [-0.4, -0.2) is 65.4 Å². The molecule has 4 nitrogen and oxygen atoms in total. The summed E-state index contributed by atoms with van der Waals surface area (Å²) in [6.07, 6.45) is 7.04. The van der Waals surface area contributed by atoms with Gasteiger partial charge in [-0.2, -0.15) is 0 Å². The van der Waals surface area contributed by atoms with Gasteiger partial charge in [-0.15, -0.1) is 0 Å². The fourth-order valence-electron chi connectivity index (χ4n) is 4.03. The molecule has 2 rings (SSSR count). The summed E-state index contributed by atoms with van der Waals surface area (Å²) in [5.41, 5.74) is 0. The lowest BCUT2D eigenvalue weighted by Crippen LogP contribution is -2.40. The molecule has 2 aliphatic rings. The summed E-state index contributed by atoms with van der Waals surface area (Å²) in [5, 5.41) is 0. The van der Waals surface area contributed by atoms with E-state index in [0.29, 0.717) is 12.2 Å². The van der Waals surface area contributed by atoms with Gasteiger partial charge in [-0.3, -0.25) is 4.90 Å². The first-order valence-electron chi connectivity index (χ1n) is 9.72. The van der Waals surface area contributed by atoms with E-state index >= 15 is 0 Å². The van der Waals surface area contributed by atoms with E-state index in [1.54, 1.807) is 0 Å². The highest BCUT2D eigenvalue weighted by atomic mass is 28.4. The molecule has 0 N–H and O–H groups in total. The van der Waals surface area contributed by atoms with E-state index < -0.39 is 8.32 Å². The number of ether oxygens (including phenoxy) is 2. The number of hydrogen-bond donors (Lipinski definition) is 0. The standard InChI is InChI=1S/C18H37NO3Si/c1-4-23(5-2,20-3)14-8-11-19(15-17-9-6-12-21-17)16-18-10-7-13-22-18/h17-18H,4-16H2,1-3H3. The normalized spacial score (nSPS) is 25.6. The Labute approximate surface area is 144 Å². The molecule has 0 amide bonds. The van der Waals surface area contributed by atoms with Gasteiger partial charge in [0.05, 0.1) is 12.2 Å². The van der Waals surface area contributed by atoms with Crippen molar-refractivity contribution in [2.45, 2.75) is 76.3 Å². The van der Waals surface area contributed by atoms with Crippen molar-refractivity contribution in [3.8, 4) is 0 Å². The molecule has 5 heteroatoms. The van der Waals surface area contributed by atoms with Crippen LogP contribution in [0.15, 0.2) is 0 Å². The van der Waals surface area contributed by atoms with Crippen LogP contribution in [0.1, 0.15) is 46.0 Å². The van der Waals surface area contributed by atoms with Crippen molar-refractivity contribution in [2.75, 3.05) is 40.0 Å². The molecule has 23 heavy (non-hydrogen) atoms. The molecule has 2 unspecified atom stereocenters. The van der Waals surface area contributed by atoms with Crippen molar-refractivity contribution < 1.29 is 13.9 Å². The summed E-state index contributed by atoms with van der Waals surface area (Å²) in [6, 6.07) is 3.75. The second-order valence-electron chi connectivity index (χ2n) is 7.23. The van der Waals surface area contributed by atoms with E-state index in [4.69, 9.17) is 13.9 Å². The Morgan fingerprint density at radius 3 is 1.96 bits per heavy atom. The largest absolute Gasteiger partial charge is 0.420 e. The lowest BCUT2D eigenvalue weighted by Gasteiger charge is -2.31. The molecular formula is C18H37NO3Si. The zero-order valence-electron chi connectivity index (χ0n) is 15.5.